The van der Waals surface area contributed by atoms with E-state index >= 15 is 0 Å². The number of anilines is 1. The molecular weight excluding hydrogens is 226 g/mol. The summed E-state index contributed by atoms with van der Waals surface area (Å²) in [7, 11) is 3.70. The molecule has 0 aromatic carbocycles. The average molecular weight is 247 g/mol. The lowest BCUT2D eigenvalue weighted by molar-refractivity contribution is 0.0697. The van der Waals surface area contributed by atoms with Gasteiger partial charge in [-0.05, 0) is 25.0 Å². The van der Waals surface area contributed by atoms with Crippen LogP contribution in [-0.4, -0.2) is 35.9 Å². The Morgan fingerprint density at radius 2 is 2.11 bits per heavy atom. The van der Waals surface area contributed by atoms with Crippen molar-refractivity contribution in [1.82, 2.24) is 9.88 Å². The number of aromatic nitrogens is 1. The molecule has 1 aliphatic carbocycles. The van der Waals surface area contributed by atoms with Gasteiger partial charge in [-0.3, -0.25) is 4.79 Å². The Morgan fingerprint density at radius 3 is 2.78 bits per heavy atom. The van der Waals surface area contributed by atoms with Crippen molar-refractivity contribution in [2.45, 2.75) is 38.1 Å². The first-order valence-electron chi connectivity index (χ1n) is 6.64. The van der Waals surface area contributed by atoms with Gasteiger partial charge in [0.1, 0.15) is 5.82 Å². The summed E-state index contributed by atoms with van der Waals surface area (Å²) in [6.45, 7) is 0. The molecule has 1 amide bonds. The van der Waals surface area contributed by atoms with Crippen LogP contribution < -0.4 is 5.32 Å². The van der Waals surface area contributed by atoms with Crippen molar-refractivity contribution in [3.63, 3.8) is 0 Å². The van der Waals surface area contributed by atoms with Crippen LogP contribution in [-0.2, 0) is 0 Å². The van der Waals surface area contributed by atoms with Gasteiger partial charge in [-0.25, -0.2) is 4.98 Å². The summed E-state index contributed by atoms with van der Waals surface area (Å²) < 4.78 is 0. The van der Waals surface area contributed by atoms with Crippen LogP contribution in [0.4, 0.5) is 5.82 Å². The van der Waals surface area contributed by atoms with Crippen LogP contribution in [0.15, 0.2) is 18.3 Å². The standard InChI is InChI=1S/C14H21N3O/c1-15-13-12(9-6-10-16-13)14(18)17(2)11-7-4-3-5-8-11/h6,9-11H,3-5,7-8H2,1-2H3,(H,15,16). The average Bonchev–Trinajstić information content (AvgIpc) is 2.46. The molecule has 1 saturated carbocycles. The van der Waals surface area contributed by atoms with Gasteiger partial charge < -0.3 is 10.2 Å². The summed E-state index contributed by atoms with van der Waals surface area (Å²) in [4.78, 5) is 18.5. The minimum Gasteiger partial charge on any atom is -0.372 e. The van der Waals surface area contributed by atoms with Gasteiger partial charge in [0.05, 0.1) is 5.56 Å². The van der Waals surface area contributed by atoms with Crippen LogP contribution in [0.1, 0.15) is 42.5 Å². The van der Waals surface area contributed by atoms with E-state index in [0.29, 0.717) is 17.4 Å². The van der Waals surface area contributed by atoms with E-state index in [1.165, 1.54) is 19.3 Å². The van der Waals surface area contributed by atoms with E-state index < -0.39 is 0 Å². The fourth-order valence-corrected chi connectivity index (χ4v) is 2.60. The lowest BCUT2D eigenvalue weighted by Gasteiger charge is -2.31. The Balaban J connectivity index is 2.14. The van der Waals surface area contributed by atoms with Gasteiger partial charge in [-0.2, -0.15) is 0 Å². The lowest BCUT2D eigenvalue weighted by atomic mass is 9.94. The van der Waals surface area contributed by atoms with Crippen molar-refractivity contribution >= 4 is 11.7 Å². The number of rotatable bonds is 3. The summed E-state index contributed by atoms with van der Waals surface area (Å²) >= 11 is 0. The Morgan fingerprint density at radius 1 is 1.39 bits per heavy atom. The maximum atomic E-state index is 12.5. The Hall–Kier alpha value is -1.58. The zero-order valence-electron chi connectivity index (χ0n) is 11.1. The van der Waals surface area contributed by atoms with Gasteiger partial charge in [0.2, 0.25) is 0 Å². The van der Waals surface area contributed by atoms with E-state index in [1.807, 2.05) is 24.1 Å². The molecule has 1 aromatic heterocycles. The second-order valence-electron chi connectivity index (χ2n) is 4.86. The number of carbonyl (C=O) groups excluding carboxylic acids is 1. The van der Waals surface area contributed by atoms with Crippen LogP contribution >= 0.6 is 0 Å². The molecule has 1 fully saturated rings. The molecule has 18 heavy (non-hydrogen) atoms. The van der Waals surface area contributed by atoms with Gasteiger partial charge in [0, 0.05) is 26.3 Å². The molecule has 1 heterocycles. The molecule has 0 atom stereocenters. The fraction of sp³-hybridized carbons (Fsp3) is 0.571. The van der Waals surface area contributed by atoms with Crippen molar-refractivity contribution in [1.29, 1.82) is 0 Å². The van der Waals surface area contributed by atoms with Crippen molar-refractivity contribution in [2.24, 2.45) is 0 Å². The highest BCUT2D eigenvalue weighted by Crippen LogP contribution is 2.24. The molecule has 0 saturated heterocycles. The topological polar surface area (TPSA) is 45.2 Å². The summed E-state index contributed by atoms with van der Waals surface area (Å²) in [5.41, 5.74) is 0.660. The zero-order valence-corrected chi connectivity index (χ0v) is 11.1. The number of hydrogen-bond acceptors (Lipinski definition) is 3. The molecule has 98 valence electrons. The minimum atomic E-state index is 0.0688. The minimum absolute atomic E-state index is 0.0688. The molecule has 0 radical (unpaired) electrons. The third-order valence-electron chi connectivity index (χ3n) is 3.72. The summed E-state index contributed by atoms with van der Waals surface area (Å²) in [6.07, 6.45) is 7.70. The normalized spacial score (nSPS) is 16.3. The van der Waals surface area contributed by atoms with Gasteiger partial charge in [-0.15, -0.1) is 0 Å². The van der Waals surface area contributed by atoms with Gasteiger partial charge in [0.15, 0.2) is 0 Å². The number of amides is 1. The van der Waals surface area contributed by atoms with E-state index in [0.717, 1.165) is 12.8 Å². The van der Waals surface area contributed by atoms with Gasteiger partial charge in [-0.1, -0.05) is 19.3 Å². The summed E-state index contributed by atoms with van der Waals surface area (Å²) in [5, 5.41) is 2.98. The predicted molar refractivity (Wildman–Crippen MR) is 72.8 cm³/mol. The number of carbonyl (C=O) groups is 1. The molecule has 1 N–H and O–H groups in total. The second-order valence-corrected chi connectivity index (χ2v) is 4.86. The third kappa shape index (κ3) is 2.63. The molecule has 1 aliphatic rings. The molecule has 2 rings (SSSR count). The Kier molecular flexibility index (Phi) is 4.18. The van der Waals surface area contributed by atoms with Crippen molar-refractivity contribution in [2.75, 3.05) is 19.4 Å². The monoisotopic (exact) mass is 247 g/mol. The van der Waals surface area contributed by atoms with Gasteiger partial charge >= 0.3 is 0 Å². The highest BCUT2D eigenvalue weighted by atomic mass is 16.2. The highest BCUT2D eigenvalue weighted by Gasteiger charge is 2.24. The molecule has 4 nitrogen and oxygen atoms in total. The van der Waals surface area contributed by atoms with Crippen LogP contribution in [0.25, 0.3) is 0 Å². The highest BCUT2D eigenvalue weighted by molar-refractivity contribution is 5.98. The SMILES string of the molecule is CNc1ncccc1C(=O)N(C)C1CCCCC1. The van der Waals surface area contributed by atoms with Crippen molar-refractivity contribution in [3.05, 3.63) is 23.9 Å². The smallest absolute Gasteiger partial charge is 0.257 e. The molecule has 0 aliphatic heterocycles. The Labute approximate surface area is 108 Å². The maximum Gasteiger partial charge on any atom is 0.257 e. The second kappa shape index (κ2) is 5.85. The number of nitrogens with zero attached hydrogens (tertiary/aromatic N) is 2. The molecule has 4 heteroatoms. The van der Waals surface area contributed by atoms with Crippen molar-refractivity contribution < 1.29 is 4.79 Å². The first kappa shape index (κ1) is 12.9. The lowest BCUT2D eigenvalue weighted by Crippen LogP contribution is -2.38. The van der Waals surface area contributed by atoms with E-state index in [1.54, 1.807) is 13.2 Å². The van der Waals surface area contributed by atoms with Crippen LogP contribution in [0, 0.1) is 0 Å². The van der Waals surface area contributed by atoms with Crippen LogP contribution in [0.2, 0.25) is 0 Å². The number of nitrogens with one attached hydrogen (secondary N) is 1. The van der Waals surface area contributed by atoms with Crippen LogP contribution in [0.5, 0.6) is 0 Å². The van der Waals surface area contributed by atoms with E-state index in [-0.39, 0.29) is 5.91 Å². The first-order valence-corrected chi connectivity index (χ1v) is 6.64. The quantitative estimate of drug-likeness (QED) is 0.892. The zero-order chi connectivity index (χ0) is 13.0. The maximum absolute atomic E-state index is 12.5. The summed E-state index contributed by atoms with van der Waals surface area (Å²) in [6, 6.07) is 4.03. The Bertz CT molecular complexity index is 413. The first-order chi connectivity index (χ1) is 8.74. The summed E-state index contributed by atoms with van der Waals surface area (Å²) in [5.74, 6) is 0.726. The third-order valence-corrected chi connectivity index (χ3v) is 3.72. The van der Waals surface area contributed by atoms with Crippen molar-refractivity contribution in [3.8, 4) is 0 Å². The van der Waals surface area contributed by atoms with Gasteiger partial charge in [0.25, 0.3) is 5.91 Å². The van der Waals surface area contributed by atoms with E-state index in [4.69, 9.17) is 0 Å². The van der Waals surface area contributed by atoms with E-state index in [2.05, 4.69) is 10.3 Å². The molecule has 0 unspecified atom stereocenters. The van der Waals surface area contributed by atoms with E-state index in [9.17, 15) is 4.79 Å². The number of pyridine rings is 1. The fourth-order valence-electron chi connectivity index (χ4n) is 2.60. The molecule has 0 spiro atoms. The molecule has 1 aromatic rings. The molecular formula is C14H21N3O. The number of hydrogen-bond donors (Lipinski definition) is 1. The largest absolute Gasteiger partial charge is 0.372 e. The predicted octanol–water partition coefficient (Wildman–Crippen LogP) is 2.53. The van der Waals surface area contributed by atoms with Crippen LogP contribution in [0.3, 0.4) is 0 Å². The molecule has 0 bridgehead atoms.